The third-order valence-corrected chi connectivity index (χ3v) is 2.33. The molecule has 0 aliphatic rings. The molecule has 0 saturated heterocycles. The van der Waals surface area contributed by atoms with Gasteiger partial charge >= 0.3 is 6.18 Å². The van der Waals surface area contributed by atoms with Crippen molar-refractivity contribution in [2.45, 2.75) is 6.18 Å². The molecule has 0 N–H and O–H groups in total. The van der Waals surface area contributed by atoms with Gasteiger partial charge in [0, 0.05) is 5.56 Å². The summed E-state index contributed by atoms with van der Waals surface area (Å²) in [5, 5.41) is 0. The van der Waals surface area contributed by atoms with Crippen molar-refractivity contribution in [1.82, 2.24) is 0 Å². The van der Waals surface area contributed by atoms with Gasteiger partial charge in [-0.3, -0.25) is 0 Å². The molecule has 0 amide bonds. The van der Waals surface area contributed by atoms with Crippen molar-refractivity contribution in [3.05, 3.63) is 59.9 Å². The fourth-order valence-electron chi connectivity index (χ4n) is 1.54. The van der Waals surface area contributed by atoms with Crippen LogP contribution in [0, 0.1) is 11.9 Å². The van der Waals surface area contributed by atoms with Gasteiger partial charge in [-0.15, -0.1) is 0 Å². The molecular weight excluding hydrogens is 232 g/mol. The van der Waals surface area contributed by atoms with Crippen LogP contribution in [0.3, 0.4) is 0 Å². The summed E-state index contributed by atoms with van der Waals surface area (Å²) in [7, 11) is 0. The van der Waals surface area contributed by atoms with Crippen LogP contribution in [0.2, 0.25) is 0 Å². The zero-order valence-electron chi connectivity index (χ0n) is 8.55. The van der Waals surface area contributed by atoms with E-state index in [4.69, 9.17) is 0 Å². The van der Waals surface area contributed by atoms with Crippen LogP contribution in [0.25, 0.3) is 11.1 Å². The zero-order valence-corrected chi connectivity index (χ0v) is 8.55. The Kier molecular flexibility index (Phi) is 2.88. The molecule has 0 bridgehead atoms. The summed E-state index contributed by atoms with van der Waals surface area (Å²) in [6, 6.07) is 12.0. The molecular formula is C13H7F4. The Labute approximate surface area is 95.5 Å². The molecule has 0 nitrogen and oxygen atoms in total. The van der Waals surface area contributed by atoms with Crippen molar-refractivity contribution in [2.24, 2.45) is 0 Å². The molecule has 1 radical (unpaired) electrons. The maximum atomic E-state index is 13.7. The van der Waals surface area contributed by atoms with Crippen molar-refractivity contribution in [3.8, 4) is 11.1 Å². The normalized spacial score (nSPS) is 11.5. The van der Waals surface area contributed by atoms with Crippen molar-refractivity contribution < 1.29 is 17.6 Å². The van der Waals surface area contributed by atoms with E-state index in [-0.39, 0.29) is 5.56 Å². The number of rotatable bonds is 1. The van der Waals surface area contributed by atoms with Gasteiger partial charge in [0.25, 0.3) is 0 Å². The predicted molar refractivity (Wildman–Crippen MR) is 55.7 cm³/mol. The summed E-state index contributed by atoms with van der Waals surface area (Å²) in [5.74, 6) is -1.24. The van der Waals surface area contributed by atoms with Gasteiger partial charge in [0.05, 0.1) is 5.56 Å². The Hall–Kier alpha value is -1.84. The maximum absolute atomic E-state index is 13.7. The first kappa shape index (κ1) is 11.6. The number of alkyl halides is 3. The summed E-state index contributed by atoms with van der Waals surface area (Å²) in [6.45, 7) is 0. The SMILES string of the molecule is Fc1c(-c2cc[c]cc2)cccc1C(F)(F)F. The molecule has 0 heterocycles. The molecule has 0 aliphatic heterocycles. The van der Waals surface area contributed by atoms with Gasteiger partial charge in [-0.2, -0.15) is 13.2 Å². The van der Waals surface area contributed by atoms with Crippen LogP contribution < -0.4 is 0 Å². The molecule has 0 fully saturated rings. The highest BCUT2D eigenvalue weighted by molar-refractivity contribution is 5.65. The third-order valence-electron chi connectivity index (χ3n) is 2.33. The van der Waals surface area contributed by atoms with Gasteiger partial charge in [-0.25, -0.2) is 4.39 Å². The Morgan fingerprint density at radius 3 is 2.18 bits per heavy atom. The minimum atomic E-state index is -4.68. The molecule has 2 rings (SSSR count). The van der Waals surface area contributed by atoms with Gasteiger partial charge in [0.2, 0.25) is 0 Å². The standard InChI is InChI=1S/C13H7F4/c14-12-10(9-5-2-1-3-6-9)7-4-8-11(12)13(15,16)17/h2-8H. The average molecular weight is 239 g/mol. The van der Waals surface area contributed by atoms with Crippen molar-refractivity contribution in [1.29, 1.82) is 0 Å². The van der Waals surface area contributed by atoms with E-state index in [9.17, 15) is 17.6 Å². The molecule has 0 aromatic heterocycles. The molecule has 0 saturated carbocycles. The molecule has 0 unspecified atom stereocenters. The number of benzene rings is 2. The maximum Gasteiger partial charge on any atom is 0.419 e. The van der Waals surface area contributed by atoms with Crippen LogP contribution in [0.5, 0.6) is 0 Å². The Morgan fingerprint density at radius 1 is 0.941 bits per heavy atom. The van der Waals surface area contributed by atoms with Crippen LogP contribution >= 0.6 is 0 Å². The molecule has 0 aliphatic carbocycles. The first-order chi connectivity index (χ1) is 8.00. The van der Waals surface area contributed by atoms with E-state index in [1.54, 1.807) is 0 Å². The number of halogens is 4. The molecule has 2 aromatic carbocycles. The van der Waals surface area contributed by atoms with Crippen LogP contribution in [-0.2, 0) is 6.18 Å². The monoisotopic (exact) mass is 239 g/mol. The molecule has 4 heteroatoms. The molecule has 0 atom stereocenters. The lowest BCUT2D eigenvalue weighted by Crippen LogP contribution is -2.08. The largest absolute Gasteiger partial charge is 0.419 e. The Bertz CT molecular complexity index is 515. The zero-order chi connectivity index (χ0) is 12.5. The predicted octanol–water partition coefficient (Wildman–Crippen LogP) is 4.31. The average Bonchev–Trinajstić information content (AvgIpc) is 2.29. The topological polar surface area (TPSA) is 0 Å². The number of hydrogen-bond acceptors (Lipinski definition) is 0. The first-order valence-electron chi connectivity index (χ1n) is 4.82. The highest BCUT2D eigenvalue weighted by Crippen LogP contribution is 2.35. The fourth-order valence-corrected chi connectivity index (χ4v) is 1.54. The van der Waals surface area contributed by atoms with E-state index in [1.807, 2.05) is 0 Å². The second-order valence-corrected chi connectivity index (χ2v) is 3.45. The highest BCUT2D eigenvalue weighted by Gasteiger charge is 2.34. The lowest BCUT2D eigenvalue weighted by atomic mass is 10.0. The minimum absolute atomic E-state index is 0.0613. The van der Waals surface area contributed by atoms with Gasteiger partial charge in [-0.05, 0) is 17.7 Å². The highest BCUT2D eigenvalue weighted by atomic mass is 19.4. The van der Waals surface area contributed by atoms with Gasteiger partial charge in [-0.1, -0.05) is 36.4 Å². The van der Waals surface area contributed by atoms with Gasteiger partial charge < -0.3 is 0 Å². The lowest BCUT2D eigenvalue weighted by Gasteiger charge is -2.11. The Balaban J connectivity index is 2.58. The first-order valence-corrected chi connectivity index (χ1v) is 4.82. The van der Waals surface area contributed by atoms with Crippen LogP contribution in [0.15, 0.2) is 42.5 Å². The molecule has 17 heavy (non-hydrogen) atoms. The van der Waals surface area contributed by atoms with E-state index in [0.717, 1.165) is 6.07 Å². The van der Waals surface area contributed by atoms with E-state index < -0.39 is 17.6 Å². The molecule has 87 valence electrons. The minimum Gasteiger partial charge on any atom is -0.206 e. The Morgan fingerprint density at radius 2 is 1.59 bits per heavy atom. The van der Waals surface area contributed by atoms with Crippen molar-refractivity contribution in [2.75, 3.05) is 0 Å². The molecule has 0 spiro atoms. The second-order valence-electron chi connectivity index (χ2n) is 3.45. The van der Waals surface area contributed by atoms with Crippen LogP contribution in [-0.4, -0.2) is 0 Å². The summed E-state index contributed by atoms with van der Waals surface area (Å²) >= 11 is 0. The third kappa shape index (κ3) is 2.30. The quantitative estimate of drug-likeness (QED) is 0.650. The smallest absolute Gasteiger partial charge is 0.206 e. The van der Waals surface area contributed by atoms with E-state index in [0.29, 0.717) is 5.56 Å². The van der Waals surface area contributed by atoms with Crippen LogP contribution in [0.4, 0.5) is 17.6 Å². The van der Waals surface area contributed by atoms with Gasteiger partial charge in [0.1, 0.15) is 5.82 Å². The fraction of sp³-hybridized carbons (Fsp3) is 0.0769. The summed E-state index contributed by atoms with van der Waals surface area (Å²) < 4.78 is 51.2. The van der Waals surface area contributed by atoms with E-state index in [2.05, 4.69) is 6.07 Å². The van der Waals surface area contributed by atoms with Crippen molar-refractivity contribution in [3.63, 3.8) is 0 Å². The lowest BCUT2D eigenvalue weighted by molar-refractivity contribution is -0.139. The van der Waals surface area contributed by atoms with Crippen LogP contribution in [0.1, 0.15) is 5.56 Å². The summed E-state index contributed by atoms with van der Waals surface area (Å²) in [6.07, 6.45) is -4.68. The second kappa shape index (κ2) is 4.20. The van der Waals surface area contributed by atoms with Gasteiger partial charge in [0.15, 0.2) is 0 Å². The summed E-state index contributed by atoms with van der Waals surface area (Å²) in [5.41, 5.74) is -0.913. The molecule has 2 aromatic rings. The van der Waals surface area contributed by atoms with Crippen molar-refractivity contribution >= 4 is 0 Å². The van der Waals surface area contributed by atoms with E-state index >= 15 is 0 Å². The van der Waals surface area contributed by atoms with E-state index in [1.165, 1.54) is 36.4 Å². The number of hydrogen-bond donors (Lipinski definition) is 0. The summed E-state index contributed by atoms with van der Waals surface area (Å²) in [4.78, 5) is 0.